The predicted octanol–water partition coefficient (Wildman–Crippen LogP) is 3.07. The monoisotopic (exact) mass is 332 g/mol. The smallest absolute Gasteiger partial charge is 0.237 e. The van der Waals surface area contributed by atoms with Gasteiger partial charge in [0.25, 0.3) is 0 Å². The summed E-state index contributed by atoms with van der Waals surface area (Å²) in [6.07, 6.45) is 0.791. The van der Waals surface area contributed by atoms with Gasteiger partial charge in [-0.25, -0.2) is 4.39 Å². The summed E-state index contributed by atoms with van der Waals surface area (Å²) in [5, 5.41) is 5.28. The molecule has 0 bridgehead atoms. The lowest BCUT2D eigenvalue weighted by Gasteiger charge is -2.13. The quantitative estimate of drug-likeness (QED) is 0.754. The Balaban J connectivity index is 2.35. The van der Waals surface area contributed by atoms with Crippen molar-refractivity contribution in [3.63, 3.8) is 0 Å². The zero-order valence-corrected chi connectivity index (χ0v) is 13.5. The fourth-order valence-corrected chi connectivity index (χ4v) is 2.59. The van der Waals surface area contributed by atoms with Crippen LogP contribution in [0.5, 0.6) is 0 Å². The van der Waals surface area contributed by atoms with E-state index in [0.717, 1.165) is 18.2 Å². The molecule has 0 aromatic heterocycles. The van der Waals surface area contributed by atoms with Crippen molar-refractivity contribution in [2.75, 3.05) is 17.6 Å². The second-order valence-corrected chi connectivity index (χ2v) is 6.32. The van der Waals surface area contributed by atoms with Crippen molar-refractivity contribution in [3.8, 4) is 0 Å². The van der Waals surface area contributed by atoms with Gasteiger partial charge in [0.15, 0.2) is 0 Å². The number of rotatable bonds is 7. The Morgan fingerprint density at radius 1 is 1.43 bits per heavy atom. The second kappa shape index (κ2) is 8.89. The van der Waals surface area contributed by atoms with Crippen molar-refractivity contribution in [1.29, 1.82) is 0 Å². The van der Waals surface area contributed by atoms with Gasteiger partial charge in [0.05, 0.1) is 16.0 Å². The fraction of sp³-hybridized carbons (Fsp3) is 0.429. The van der Waals surface area contributed by atoms with Crippen LogP contribution in [0.15, 0.2) is 18.2 Å². The molecule has 116 valence electrons. The van der Waals surface area contributed by atoms with Crippen molar-refractivity contribution in [3.05, 3.63) is 29.0 Å². The highest BCUT2D eigenvalue weighted by Gasteiger charge is 2.14. The van der Waals surface area contributed by atoms with E-state index >= 15 is 0 Å². The molecule has 0 radical (unpaired) electrons. The minimum atomic E-state index is -0.446. The van der Waals surface area contributed by atoms with Crippen LogP contribution in [0.3, 0.4) is 0 Å². The lowest BCUT2D eigenvalue weighted by molar-refractivity contribution is -0.119. The SMILES string of the molecule is CC(=O)NCCCSC(C)C(=O)Nc1ccc(F)cc1Cl. The van der Waals surface area contributed by atoms with E-state index < -0.39 is 5.82 Å². The first-order valence-electron chi connectivity index (χ1n) is 6.52. The number of benzene rings is 1. The summed E-state index contributed by atoms with van der Waals surface area (Å²) in [5.41, 5.74) is 0.397. The van der Waals surface area contributed by atoms with Gasteiger partial charge < -0.3 is 10.6 Å². The Kier molecular flexibility index (Phi) is 7.53. The molecule has 1 unspecified atom stereocenters. The van der Waals surface area contributed by atoms with Crippen LogP contribution < -0.4 is 10.6 Å². The van der Waals surface area contributed by atoms with Crippen LogP contribution in [0.1, 0.15) is 20.3 Å². The summed E-state index contributed by atoms with van der Waals surface area (Å²) < 4.78 is 12.9. The van der Waals surface area contributed by atoms with Gasteiger partial charge in [-0.15, -0.1) is 11.8 Å². The Hall–Kier alpha value is -1.27. The Bertz CT molecular complexity index is 514. The molecule has 2 N–H and O–H groups in total. The molecule has 0 aliphatic heterocycles. The third-order valence-electron chi connectivity index (χ3n) is 2.62. The first-order chi connectivity index (χ1) is 9.90. The second-order valence-electron chi connectivity index (χ2n) is 4.46. The summed E-state index contributed by atoms with van der Waals surface area (Å²) in [4.78, 5) is 22.7. The zero-order chi connectivity index (χ0) is 15.8. The average Bonchev–Trinajstić information content (AvgIpc) is 2.40. The summed E-state index contributed by atoms with van der Waals surface area (Å²) in [6, 6.07) is 3.83. The number of carbonyl (C=O) groups is 2. The van der Waals surface area contributed by atoms with Crippen LogP contribution in [0, 0.1) is 5.82 Å². The lowest BCUT2D eigenvalue weighted by atomic mass is 10.3. The maximum atomic E-state index is 12.9. The molecule has 0 aliphatic carbocycles. The lowest BCUT2D eigenvalue weighted by Crippen LogP contribution is -2.24. The molecular formula is C14H18ClFN2O2S. The van der Waals surface area contributed by atoms with Crippen molar-refractivity contribution in [2.24, 2.45) is 0 Å². The Morgan fingerprint density at radius 3 is 2.76 bits per heavy atom. The number of carbonyl (C=O) groups excluding carboxylic acids is 2. The largest absolute Gasteiger partial charge is 0.356 e. The molecule has 0 fully saturated rings. The molecule has 21 heavy (non-hydrogen) atoms. The highest BCUT2D eigenvalue weighted by molar-refractivity contribution is 8.00. The topological polar surface area (TPSA) is 58.2 Å². The van der Waals surface area contributed by atoms with E-state index in [9.17, 15) is 14.0 Å². The molecule has 1 atom stereocenters. The molecule has 0 spiro atoms. The minimum Gasteiger partial charge on any atom is -0.356 e. The summed E-state index contributed by atoms with van der Waals surface area (Å²) in [5.74, 6) is 0.0645. The third kappa shape index (κ3) is 6.82. The van der Waals surface area contributed by atoms with Crippen LogP contribution in [0.2, 0.25) is 5.02 Å². The third-order valence-corrected chi connectivity index (χ3v) is 4.17. The summed E-state index contributed by atoms with van der Waals surface area (Å²) >= 11 is 7.34. The normalized spacial score (nSPS) is 11.8. The highest BCUT2D eigenvalue weighted by atomic mass is 35.5. The molecular weight excluding hydrogens is 315 g/mol. The Labute approximate surface area is 132 Å². The van der Waals surface area contributed by atoms with E-state index in [2.05, 4.69) is 10.6 Å². The van der Waals surface area contributed by atoms with Crippen LogP contribution in [-0.2, 0) is 9.59 Å². The maximum Gasteiger partial charge on any atom is 0.237 e. The molecule has 1 aromatic carbocycles. The van der Waals surface area contributed by atoms with Gasteiger partial charge in [0.1, 0.15) is 5.82 Å². The molecule has 2 amide bonds. The molecule has 1 rings (SSSR count). The number of halogens is 2. The molecule has 1 aromatic rings. The predicted molar refractivity (Wildman–Crippen MR) is 85.3 cm³/mol. The molecule has 7 heteroatoms. The number of nitrogens with one attached hydrogen (secondary N) is 2. The van der Waals surface area contributed by atoms with E-state index in [-0.39, 0.29) is 22.1 Å². The highest BCUT2D eigenvalue weighted by Crippen LogP contribution is 2.23. The van der Waals surface area contributed by atoms with Crippen LogP contribution in [0.4, 0.5) is 10.1 Å². The van der Waals surface area contributed by atoms with Crippen molar-refractivity contribution in [1.82, 2.24) is 5.32 Å². The van der Waals surface area contributed by atoms with Crippen LogP contribution in [-0.4, -0.2) is 29.4 Å². The number of hydrogen-bond acceptors (Lipinski definition) is 3. The average molecular weight is 333 g/mol. The number of amides is 2. The Morgan fingerprint density at radius 2 is 2.14 bits per heavy atom. The van der Waals surface area contributed by atoms with Gasteiger partial charge in [-0.1, -0.05) is 11.6 Å². The molecule has 4 nitrogen and oxygen atoms in total. The molecule has 0 aliphatic rings. The van der Waals surface area contributed by atoms with Gasteiger partial charge >= 0.3 is 0 Å². The van der Waals surface area contributed by atoms with Crippen molar-refractivity contribution >= 4 is 40.9 Å². The van der Waals surface area contributed by atoms with E-state index in [1.54, 1.807) is 6.92 Å². The molecule has 0 saturated carbocycles. The first-order valence-corrected chi connectivity index (χ1v) is 7.94. The summed E-state index contributed by atoms with van der Waals surface area (Å²) in [6.45, 7) is 3.85. The van der Waals surface area contributed by atoms with Crippen molar-refractivity contribution in [2.45, 2.75) is 25.5 Å². The van der Waals surface area contributed by atoms with E-state index in [0.29, 0.717) is 12.2 Å². The number of thioether (sulfide) groups is 1. The number of hydrogen-bond donors (Lipinski definition) is 2. The fourth-order valence-electron chi connectivity index (χ4n) is 1.50. The minimum absolute atomic E-state index is 0.0586. The van der Waals surface area contributed by atoms with Gasteiger partial charge in [-0.3, -0.25) is 9.59 Å². The van der Waals surface area contributed by atoms with Gasteiger partial charge in [0.2, 0.25) is 11.8 Å². The van der Waals surface area contributed by atoms with Crippen molar-refractivity contribution < 1.29 is 14.0 Å². The van der Waals surface area contributed by atoms with Gasteiger partial charge in [0, 0.05) is 13.5 Å². The molecule has 0 saturated heterocycles. The zero-order valence-electron chi connectivity index (χ0n) is 11.9. The first kappa shape index (κ1) is 17.8. The summed E-state index contributed by atoms with van der Waals surface area (Å²) in [7, 11) is 0. The van der Waals surface area contributed by atoms with E-state index in [1.807, 2.05) is 0 Å². The maximum absolute atomic E-state index is 12.9. The molecule has 0 heterocycles. The van der Waals surface area contributed by atoms with Gasteiger partial charge in [-0.2, -0.15) is 0 Å². The van der Waals surface area contributed by atoms with Crippen LogP contribution >= 0.6 is 23.4 Å². The van der Waals surface area contributed by atoms with E-state index in [1.165, 1.54) is 30.8 Å². The van der Waals surface area contributed by atoms with Gasteiger partial charge in [-0.05, 0) is 37.3 Å². The standard InChI is InChI=1S/C14H18ClFN2O2S/c1-9(21-7-3-6-17-10(2)19)14(20)18-13-5-4-11(16)8-12(13)15/h4-5,8-9H,3,6-7H2,1-2H3,(H,17,19)(H,18,20). The van der Waals surface area contributed by atoms with Crippen LogP contribution in [0.25, 0.3) is 0 Å². The van der Waals surface area contributed by atoms with E-state index in [4.69, 9.17) is 11.6 Å². The number of anilines is 1.